The van der Waals surface area contributed by atoms with E-state index in [2.05, 4.69) is 29.4 Å². The van der Waals surface area contributed by atoms with Gasteiger partial charge < -0.3 is 15.4 Å². The Kier molecular flexibility index (Phi) is 8.73. The lowest BCUT2D eigenvalue weighted by molar-refractivity contribution is -0.124. The lowest BCUT2D eigenvalue weighted by Crippen LogP contribution is -2.54. The lowest BCUT2D eigenvalue weighted by Gasteiger charge is -2.36. The molecule has 1 saturated heterocycles. The van der Waals surface area contributed by atoms with Crippen LogP contribution in [0.2, 0.25) is 0 Å². The summed E-state index contributed by atoms with van der Waals surface area (Å²) < 4.78 is 5.45. The van der Waals surface area contributed by atoms with Crippen LogP contribution in [0, 0.1) is 11.8 Å². The number of amides is 2. The van der Waals surface area contributed by atoms with Crippen molar-refractivity contribution in [1.29, 1.82) is 0 Å². The van der Waals surface area contributed by atoms with Crippen molar-refractivity contribution in [1.82, 2.24) is 15.5 Å². The van der Waals surface area contributed by atoms with Crippen LogP contribution in [-0.4, -0.2) is 61.6 Å². The predicted molar refractivity (Wildman–Crippen MR) is 109 cm³/mol. The average molecular weight is 396 g/mol. The van der Waals surface area contributed by atoms with Crippen LogP contribution >= 0.6 is 11.3 Å². The van der Waals surface area contributed by atoms with Crippen LogP contribution in [0.15, 0.2) is 17.5 Å². The van der Waals surface area contributed by atoms with Crippen molar-refractivity contribution < 1.29 is 14.3 Å². The molecule has 1 aliphatic rings. The Morgan fingerprint density at radius 2 is 1.93 bits per heavy atom. The van der Waals surface area contributed by atoms with E-state index in [1.165, 1.54) is 11.3 Å². The maximum atomic E-state index is 12.8. The molecule has 0 aliphatic carbocycles. The zero-order valence-electron chi connectivity index (χ0n) is 16.9. The van der Waals surface area contributed by atoms with E-state index in [1.807, 2.05) is 25.3 Å². The van der Waals surface area contributed by atoms with Gasteiger partial charge >= 0.3 is 0 Å². The minimum absolute atomic E-state index is 0.0147. The van der Waals surface area contributed by atoms with Crippen molar-refractivity contribution in [2.24, 2.45) is 11.8 Å². The Balaban J connectivity index is 1.94. The van der Waals surface area contributed by atoms with Gasteiger partial charge in [0.1, 0.15) is 6.04 Å². The summed E-state index contributed by atoms with van der Waals surface area (Å²) in [6, 6.07) is 3.36. The van der Waals surface area contributed by atoms with Crippen LogP contribution in [0.5, 0.6) is 0 Å². The third-order valence-electron chi connectivity index (χ3n) is 4.80. The van der Waals surface area contributed by atoms with Crippen molar-refractivity contribution in [2.75, 3.05) is 32.8 Å². The quantitative estimate of drug-likeness (QED) is 0.673. The molecule has 2 N–H and O–H groups in total. The molecular weight excluding hydrogens is 362 g/mol. The monoisotopic (exact) mass is 395 g/mol. The van der Waals surface area contributed by atoms with Gasteiger partial charge in [0.05, 0.1) is 18.1 Å². The number of nitrogens with zero attached hydrogens (tertiary/aromatic N) is 1. The number of hydrogen-bond acceptors (Lipinski definition) is 5. The smallest absolute Gasteiger partial charge is 0.262 e. The van der Waals surface area contributed by atoms with E-state index >= 15 is 0 Å². The Morgan fingerprint density at radius 1 is 1.22 bits per heavy atom. The van der Waals surface area contributed by atoms with Crippen molar-refractivity contribution in [2.45, 2.75) is 46.2 Å². The molecule has 6 nitrogen and oxygen atoms in total. The molecule has 152 valence electrons. The molecule has 2 amide bonds. The minimum atomic E-state index is -0.538. The number of carbonyl (C=O) groups is 2. The number of nitrogens with one attached hydrogen (secondary N) is 2. The van der Waals surface area contributed by atoms with Gasteiger partial charge in [0.25, 0.3) is 5.91 Å². The fourth-order valence-corrected chi connectivity index (χ4v) is 3.96. The predicted octanol–water partition coefficient (Wildman–Crippen LogP) is 2.37. The SMILES string of the molecule is CC(C)CC(CNC(=O)C(NC(=O)c1cccs1)C(C)C)N1CCOCC1. The maximum absolute atomic E-state index is 12.8. The molecule has 0 radical (unpaired) electrons. The van der Waals surface area contributed by atoms with E-state index in [4.69, 9.17) is 4.74 Å². The number of thiophene rings is 1. The van der Waals surface area contributed by atoms with E-state index in [-0.39, 0.29) is 17.7 Å². The molecule has 0 bridgehead atoms. The van der Waals surface area contributed by atoms with Crippen molar-refractivity contribution >= 4 is 23.2 Å². The molecule has 0 aromatic carbocycles. The second-order valence-electron chi connectivity index (χ2n) is 7.85. The highest BCUT2D eigenvalue weighted by Crippen LogP contribution is 2.14. The first-order chi connectivity index (χ1) is 12.9. The lowest BCUT2D eigenvalue weighted by atomic mass is 10.0. The Labute approximate surface area is 166 Å². The maximum Gasteiger partial charge on any atom is 0.262 e. The van der Waals surface area contributed by atoms with E-state index in [0.29, 0.717) is 23.4 Å². The van der Waals surface area contributed by atoms with Gasteiger partial charge in [-0.05, 0) is 29.7 Å². The first-order valence-electron chi connectivity index (χ1n) is 9.82. The second-order valence-corrected chi connectivity index (χ2v) is 8.80. The standard InChI is InChI=1S/C20H33N3O3S/c1-14(2)12-16(23-7-9-26-10-8-23)13-21-20(25)18(15(3)4)22-19(24)17-6-5-11-27-17/h5-6,11,14-16,18H,7-10,12-13H2,1-4H3,(H,21,25)(H,22,24). The summed E-state index contributed by atoms with van der Waals surface area (Å²) in [6.07, 6.45) is 1.02. The summed E-state index contributed by atoms with van der Waals surface area (Å²) in [4.78, 5) is 28.2. The van der Waals surface area contributed by atoms with Gasteiger partial charge in [-0.2, -0.15) is 0 Å². The van der Waals surface area contributed by atoms with Crippen LogP contribution in [0.1, 0.15) is 43.8 Å². The highest BCUT2D eigenvalue weighted by atomic mass is 32.1. The van der Waals surface area contributed by atoms with Gasteiger partial charge in [-0.1, -0.05) is 33.8 Å². The molecule has 1 aromatic rings. The number of morpholine rings is 1. The van der Waals surface area contributed by atoms with Gasteiger partial charge in [0.2, 0.25) is 5.91 Å². The molecule has 1 fully saturated rings. The molecule has 1 aliphatic heterocycles. The third-order valence-corrected chi connectivity index (χ3v) is 5.67. The number of hydrogen-bond donors (Lipinski definition) is 2. The Bertz CT molecular complexity index is 583. The van der Waals surface area contributed by atoms with E-state index in [0.717, 1.165) is 32.7 Å². The van der Waals surface area contributed by atoms with Gasteiger partial charge in [-0.25, -0.2) is 0 Å². The normalized spacial score (nSPS) is 17.7. The van der Waals surface area contributed by atoms with E-state index < -0.39 is 6.04 Å². The summed E-state index contributed by atoms with van der Waals surface area (Å²) >= 11 is 1.38. The summed E-state index contributed by atoms with van der Waals surface area (Å²) in [7, 11) is 0. The molecule has 0 saturated carbocycles. The zero-order chi connectivity index (χ0) is 19.8. The molecule has 2 rings (SSSR count). The first-order valence-corrected chi connectivity index (χ1v) is 10.7. The van der Waals surface area contributed by atoms with Crippen molar-refractivity contribution in [3.8, 4) is 0 Å². The summed E-state index contributed by atoms with van der Waals surface area (Å²) in [5.41, 5.74) is 0. The molecular formula is C20H33N3O3S. The zero-order valence-corrected chi connectivity index (χ0v) is 17.7. The van der Waals surface area contributed by atoms with Gasteiger partial charge in [0, 0.05) is 25.7 Å². The number of ether oxygens (including phenoxy) is 1. The molecule has 0 spiro atoms. The number of carbonyl (C=O) groups excluding carboxylic acids is 2. The molecule has 7 heteroatoms. The summed E-state index contributed by atoms with van der Waals surface area (Å²) in [6.45, 7) is 12.2. The van der Waals surface area contributed by atoms with Crippen molar-refractivity contribution in [3.05, 3.63) is 22.4 Å². The van der Waals surface area contributed by atoms with Crippen LogP contribution in [0.4, 0.5) is 0 Å². The Morgan fingerprint density at radius 3 is 2.48 bits per heavy atom. The van der Waals surface area contributed by atoms with Crippen LogP contribution in [0.25, 0.3) is 0 Å². The fraction of sp³-hybridized carbons (Fsp3) is 0.700. The second kappa shape index (κ2) is 10.8. The molecule has 2 heterocycles. The highest BCUT2D eigenvalue weighted by Gasteiger charge is 2.27. The number of rotatable bonds is 9. The van der Waals surface area contributed by atoms with Crippen LogP contribution in [0.3, 0.4) is 0 Å². The molecule has 27 heavy (non-hydrogen) atoms. The van der Waals surface area contributed by atoms with Crippen molar-refractivity contribution in [3.63, 3.8) is 0 Å². The van der Waals surface area contributed by atoms with E-state index in [1.54, 1.807) is 6.07 Å². The third kappa shape index (κ3) is 6.90. The van der Waals surface area contributed by atoms with Gasteiger partial charge in [0.15, 0.2) is 0 Å². The first kappa shape index (κ1) is 21.9. The minimum Gasteiger partial charge on any atom is -0.379 e. The Hall–Kier alpha value is -1.44. The van der Waals surface area contributed by atoms with Crippen LogP contribution in [-0.2, 0) is 9.53 Å². The summed E-state index contributed by atoms with van der Waals surface area (Å²) in [5.74, 6) is 0.262. The largest absolute Gasteiger partial charge is 0.379 e. The molecule has 2 atom stereocenters. The average Bonchev–Trinajstić information content (AvgIpc) is 3.17. The molecule has 1 aromatic heterocycles. The molecule has 2 unspecified atom stereocenters. The van der Waals surface area contributed by atoms with E-state index in [9.17, 15) is 9.59 Å². The van der Waals surface area contributed by atoms with Gasteiger partial charge in [-0.15, -0.1) is 11.3 Å². The highest BCUT2D eigenvalue weighted by molar-refractivity contribution is 7.12. The summed E-state index contributed by atoms with van der Waals surface area (Å²) in [5, 5.41) is 7.83. The fourth-order valence-electron chi connectivity index (χ4n) is 3.33. The van der Waals surface area contributed by atoms with Gasteiger partial charge in [-0.3, -0.25) is 14.5 Å². The topological polar surface area (TPSA) is 70.7 Å². The van der Waals surface area contributed by atoms with Crippen LogP contribution < -0.4 is 10.6 Å².